The van der Waals surface area contributed by atoms with Crippen molar-refractivity contribution < 1.29 is 14.3 Å². The zero-order chi connectivity index (χ0) is 15.2. The van der Waals surface area contributed by atoms with Gasteiger partial charge >= 0.3 is 5.97 Å². The number of carbonyl (C=O) groups is 2. The third kappa shape index (κ3) is 3.57. The van der Waals surface area contributed by atoms with E-state index >= 15 is 0 Å². The standard InChI is InChI=1S/C15H20N2O3S/c1-3-20-15(19)12-10-16-8-9-17(12)14(18)11-6-4-5-7-13(11)21-2/h4-7,12,16H,3,8-10H2,1-2H3. The van der Waals surface area contributed by atoms with Gasteiger partial charge in [-0.25, -0.2) is 4.79 Å². The van der Waals surface area contributed by atoms with Gasteiger partial charge in [0.25, 0.3) is 5.91 Å². The minimum Gasteiger partial charge on any atom is -0.464 e. The van der Waals surface area contributed by atoms with Gasteiger partial charge in [0.2, 0.25) is 0 Å². The summed E-state index contributed by atoms with van der Waals surface area (Å²) in [5.74, 6) is -0.459. The number of rotatable bonds is 4. The van der Waals surface area contributed by atoms with Gasteiger partial charge in [0.1, 0.15) is 6.04 Å². The Bertz CT molecular complexity index is 521. The van der Waals surface area contributed by atoms with Crippen LogP contribution >= 0.6 is 11.8 Å². The molecule has 0 bridgehead atoms. The van der Waals surface area contributed by atoms with Gasteiger partial charge in [-0.05, 0) is 25.3 Å². The van der Waals surface area contributed by atoms with Crippen LogP contribution in [0, 0.1) is 0 Å². The lowest BCUT2D eigenvalue weighted by molar-refractivity contribution is -0.149. The number of carbonyl (C=O) groups excluding carboxylic acids is 2. The lowest BCUT2D eigenvalue weighted by Gasteiger charge is -2.34. The topological polar surface area (TPSA) is 58.6 Å². The number of benzene rings is 1. The number of amides is 1. The minimum atomic E-state index is -0.555. The first-order chi connectivity index (χ1) is 10.2. The molecule has 6 heteroatoms. The number of esters is 1. The number of nitrogens with zero attached hydrogens (tertiary/aromatic N) is 1. The van der Waals surface area contributed by atoms with E-state index in [2.05, 4.69) is 5.32 Å². The van der Waals surface area contributed by atoms with Crippen LogP contribution in [0.3, 0.4) is 0 Å². The maximum absolute atomic E-state index is 12.8. The molecule has 2 rings (SSSR count). The summed E-state index contributed by atoms with van der Waals surface area (Å²) < 4.78 is 5.08. The molecule has 1 fully saturated rings. The maximum Gasteiger partial charge on any atom is 0.330 e. The molecule has 21 heavy (non-hydrogen) atoms. The van der Waals surface area contributed by atoms with Crippen LogP contribution in [0.2, 0.25) is 0 Å². The van der Waals surface area contributed by atoms with Crippen molar-refractivity contribution >= 4 is 23.6 Å². The van der Waals surface area contributed by atoms with E-state index in [1.807, 2.05) is 24.5 Å². The van der Waals surface area contributed by atoms with E-state index in [0.29, 0.717) is 31.8 Å². The highest BCUT2D eigenvalue weighted by molar-refractivity contribution is 7.98. The summed E-state index contributed by atoms with van der Waals surface area (Å²) in [6, 6.07) is 6.91. The van der Waals surface area contributed by atoms with Crippen molar-refractivity contribution in [3.8, 4) is 0 Å². The quantitative estimate of drug-likeness (QED) is 0.673. The highest BCUT2D eigenvalue weighted by Gasteiger charge is 2.34. The Morgan fingerprint density at radius 3 is 2.90 bits per heavy atom. The molecule has 1 N–H and O–H groups in total. The van der Waals surface area contributed by atoms with Crippen LogP contribution in [0.25, 0.3) is 0 Å². The summed E-state index contributed by atoms with van der Waals surface area (Å²) in [5.41, 5.74) is 0.640. The van der Waals surface area contributed by atoms with Gasteiger partial charge in [0.15, 0.2) is 0 Å². The number of thioether (sulfide) groups is 1. The second-order valence-corrected chi connectivity index (χ2v) is 5.52. The SMILES string of the molecule is CCOC(=O)C1CNCCN1C(=O)c1ccccc1SC. The lowest BCUT2D eigenvalue weighted by atomic mass is 10.1. The Labute approximate surface area is 129 Å². The third-order valence-electron chi connectivity index (χ3n) is 3.40. The Hall–Kier alpha value is -1.53. The van der Waals surface area contributed by atoms with Crippen molar-refractivity contribution in [1.82, 2.24) is 10.2 Å². The van der Waals surface area contributed by atoms with Gasteiger partial charge in [0.05, 0.1) is 12.2 Å². The highest BCUT2D eigenvalue weighted by atomic mass is 32.2. The monoisotopic (exact) mass is 308 g/mol. The van der Waals surface area contributed by atoms with Gasteiger partial charge in [-0.1, -0.05) is 12.1 Å². The average Bonchev–Trinajstić information content (AvgIpc) is 2.54. The molecule has 0 saturated carbocycles. The van der Waals surface area contributed by atoms with Crippen LogP contribution < -0.4 is 5.32 Å². The number of hydrogen-bond donors (Lipinski definition) is 1. The second-order valence-electron chi connectivity index (χ2n) is 4.67. The zero-order valence-electron chi connectivity index (χ0n) is 12.3. The highest BCUT2D eigenvalue weighted by Crippen LogP contribution is 2.22. The first-order valence-corrected chi connectivity index (χ1v) is 8.22. The lowest BCUT2D eigenvalue weighted by Crippen LogP contribution is -2.57. The van der Waals surface area contributed by atoms with Crippen molar-refractivity contribution in [2.24, 2.45) is 0 Å². The molecule has 5 nitrogen and oxygen atoms in total. The summed E-state index contributed by atoms with van der Waals surface area (Å²) >= 11 is 1.53. The fraction of sp³-hybridized carbons (Fsp3) is 0.467. The summed E-state index contributed by atoms with van der Waals surface area (Å²) in [6.07, 6.45) is 1.94. The third-order valence-corrected chi connectivity index (χ3v) is 4.20. The smallest absolute Gasteiger partial charge is 0.330 e. The molecule has 1 aromatic carbocycles. The second kappa shape index (κ2) is 7.47. The average molecular weight is 308 g/mol. The van der Waals surface area contributed by atoms with Crippen molar-refractivity contribution in [1.29, 1.82) is 0 Å². The number of nitrogens with one attached hydrogen (secondary N) is 1. The fourth-order valence-electron chi connectivity index (χ4n) is 2.37. The molecule has 1 amide bonds. The molecule has 0 aromatic heterocycles. The predicted molar refractivity (Wildman–Crippen MR) is 82.6 cm³/mol. The van der Waals surface area contributed by atoms with Gasteiger partial charge in [0, 0.05) is 24.5 Å². The van der Waals surface area contributed by atoms with Gasteiger partial charge in [-0.3, -0.25) is 4.79 Å². The molecular formula is C15H20N2O3S. The molecular weight excluding hydrogens is 288 g/mol. The normalized spacial score (nSPS) is 18.4. The molecule has 1 aliphatic rings. The van der Waals surface area contributed by atoms with Crippen molar-refractivity contribution in [2.75, 3.05) is 32.5 Å². The first kappa shape index (κ1) is 15.9. The van der Waals surface area contributed by atoms with Gasteiger partial charge in [-0.15, -0.1) is 11.8 Å². The molecule has 114 valence electrons. The van der Waals surface area contributed by atoms with E-state index in [1.54, 1.807) is 17.9 Å². The van der Waals surface area contributed by atoms with E-state index in [9.17, 15) is 9.59 Å². The number of piperazine rings is 1. The van der Waals surface area contributed by atoms with Crippen LogP contribution in [0.1, 0.15) is 17.3 Å². The molecule has 1 aliphatic heterocycles. The summed E-state index contributed by atoms with van der Waals surface area (Å²) in [7, 11) is 0. The first-order valence-electron chi connectivity index (χ1n) is 7.00. The van der Waals surface area contributed by atoms with Crippen LogP contribution in [-0.2, 0) is 9.53 Å². The molecule has 0 aliphatic carbocycles. The molecule has 0 radical (unpaired) electrons. The van der Waals surface area contributed by atoms with E-state index in [-0.39, 0.29) is 11.9 Å². The summed E-state index contributed by atoms with van der Waals surface area (Å²) in [5, 5.41) is 3.14. The fourth-order valence-corrected chi connectivity index (χ4v) is 2.96. The summed E-state index contributed by atoms with van der Waals surface area (Å²) in [4.78, 5) is 27.3. The van der Waals surface area contributed by atoms with Crippen LogP contribution in [0.4, 0.5) is 0 Å². The largest absolute Gasteiger partial charge is 0.464 e. The van der Waals surface area contributed by atoms with Gasteiger partial charge in [-0.2, -0.15) is 0 Å². The molecule has 1 unspecified atom stereocenters. The van der Waals surface area contributed by atoms with Crippen LogP contribution in [-0.4, -0.2) is 55.3 Å². The molecule has 1 saturated heterocycles. The van der Waals surface area contributed by atoms with E-state index in [1.165, 1.54) is 11.8 Å². The number of ether oxygens (including phenoxy) is 1. The Kier molecular flexibility index (Phi) is 5.64. The van der Waals surface area contributed by atoms with Gasteiger partial charge < -0.3 is 15.0 Å². The minimum absolute atomic E-state index is 0.112. The van der Waals surface area contributed by atoms with Crippen molar-refractivity contribution in [3.05, 3.63) is 29.8 Å². The molecule has 0 spiro atoms. The Morgan fingerprint density at radius 1 is 1.43 bits per heavy atom. The number of hydrogen-bond acceptors (Lipinski definition) is 5. The Balaban J connectivity index is 2.24. The van der Waals surface area contributed by atoms with Crippen LogP contribution in [0.15, 0.2) is 29.2 Å². The van der Waals surface area contributed by atoms with E-state index in [0.717, 1.165) is 4.90 Å². The van der Waals surface area contributed by atoms with Crippen molar-refractivity contribution in [3.63, 3.8) is 0 Å². The summed E-state index contributed by atoms with van der Waals surface area (Å²) in [6.45, 7) is 3.71. The molecule has 1 heterocycles. The molecule has 1 aromatic rings. The Morgan fingerprint density at radius 2 is 2.19 bits per heavy atom. The molecule has 1 atom stereocenters. The zero-order valence-corrected chi connectivity index (χ0v) is 13.1. The maximum atomic E-state index is 12.8. The van der Waals surface area contributed by atoms with Crippen LogP contribution in [0.5, 0.6) is 0 Å². The predicted octanol–water partition coefficient (Wildman–Crippen LogP) is 1.39. The van der Waals surface area contributed by atoms with E-state index in [4.69, 9.17) is 4.74 Å². The van der Waals surface area contributed by atoms with E-state index < -0.39 is 6.04 Å². The van der Waals surface area contributed by atoms with Crippen molar-refractivity contribution in [2.45, 2.75) is 17.9 Å².